The van der Waals surface area contributed by atoms with Gasteiger partial charge in [-0.05, 0) is 31.1 Å². The maximum absolute atomic E-state index is 13.2. The molecule has 37 heavy (non-hydrogen) atoms. The topological polar surface area (TPSA) is 77.8 Å². The lowest BCUT2D eigenvalue weighted by molar-refractivity contribution is -0.0511. The number of amides is 1. The van der Waals surface area contributed by atoms with Crippen LogP contribution in [0, 0.1) is 0 Å². The van der Waals surface area contributed by atoms with E-state index in [9.17, 15) is 13.6 Å². The SMILES string of the molecule is C=C(C)Oc1c(/C=C/c2nc3sccn3c2C(=O)Nc2nc(C(C)C)cs2)cccc1OC(F)F.CC. The van der Waals surface area contributed by atoms with Crippen LogP contribution in [0.15, 0.2) is 47.5 Å². The van der Waals surface area contributed by atoms with Crippen LogP contribution in [0.3, 0.4) is 0 Å². The van der Waals surface area contributed by atoms with Crippen LogP contribution in [-0.2, 0) is 0 Å². The number of carbonyl (C=O) groups is 1. The molecule has 0 unspecified atom stereocenters. The van der Waals surface area contributed by atoms with E-state index in [1.165, 1.54) is 28.7 Å². The van der Waals surface area contributed by atoms with Gasteiger partial charge in [-0.3, -0.25) is 14.5 Å². The van der Waals surface area contributed by atoms with Gasteiger partial charge in [0.1, 0.15) is 5.69 Å². The van der Waals surface area contributed by atoms with Crippen molar-refractivity contribution in [2.24, 2.45) is 0 Å². The second-order valence-electron chi connectivity index (χ2n) is 7.78. The summed E-state index contributed by atoms with van der Waals surface area (Å²) in [7, 11) is 0. The molecule has 3 heterocycles. The molecule has 196 valence electrons. The standard InChI is InChI=1S/C24H22F2N4O3S2.C2H6/c1-13(2)17-12-35-23(27-17)29-21(31)19-16(28-24-30(19)10-11-34-24)9-8-15-6-5-7-18(33-22(25)26)20(15)32-14(3)4;1-2/h5-13,22H,3H2,1-2,4H3,(H,27,29,31);1-2H3/b9-8+;. The molecule has 0 saturated carbocycles. The number of hydrogen-bond donors (Lipinski definition) is 1. The summed E-state index contributed by atoms with van der Waals surface area (Å²) < 4.78 is 37.6. The van der Waals surface area contributed by atoms with Crippen LogP contribution in [0.25, 0.3) is 17.1 Å². The van der Waals surface area contributed by atoms with Crippen molar-refractivity contribution in [2.75, 3.05) is 5.32 Å². The highest BCUT2D eigenvalue weighted by Crippen LogP contribution is 2.35. The number of fused-ring (bicyclic) bond motifs is 1. The highest BCUT2D eigenvalue weighted by atomic mass is 32.1. The predicted molar refractivity (Wildman–Crippen MR) is 146 cm³/mol. The summed E-state index contributed by atoms with van der Waals surface area (Å²) >= 11 is 2.73. The third-order valence-electron chi connectivity index (χ3n) is 4.76. The first-order chi connectivity index (χ1) is 17.7. The van der Waals surface area contributed by atoms with Crippen LogP contribution in [0.2, 0.25) is 0 Å². The molecule has 0 aliphatic rings. The summed E-state index contributed by atoms with van der Waals surface area (Å²) in [6, 6.07) is 4.62. The number of rotatable bonds is 9. The number of nitrogens with zero attached hydrogens (tertiary/aromatic N) is 3. The molecule has 0 fully saturated rings. The maximum atomic E-state index is 13.2. The van der Waals surface area contributed by atoms with E-state index in [1.54, 1.807) is 41.8 Å². The number of imidazole rings is 1. The monoisotopic (exact) mass is 546 g/mol. The molecule has 0 spiro atoms. The zero-order valence-electron chi connectivity index (χ0n) is 21.1. The third kappa shape index (κ3) is 6.80. The molecular weight excluding hydrogens is 518 g/mol. The number of benzene rings is 1. The van der Waals surface area contributed by atoms with E-state index >= 15 is 0 Å². The normalized spacial score (nSPS) is 11.2. The Morgan fingerprint density at radius 1 is 1.19 bits per heavy atom. The Morgan fingerprint density at radius 2 is 1.95 bits per heavy atom. The molecule has 0 atom stereocenters. The van der Waals surface area contributed by atoms with Crippen molar-refractivity contribution in [1.29, 1.82) is 0 Å². The summed E-state index contributed by atoms with van der Waals surface area (Å²) in [6.45, 7) is 10.3. The quantitative estimate of drug-likeness (QED) is 0.216. The fourth-order valence-corrected chi connectivity index (χ4v) is 4.80. The molecule has 3 aromatic heterocycles. The van der Waals surface area contributed by atoms with E-state index in [2.05, 4.69) is 26.6 Å². The van der Waals surface area contributed by atoms with Crippen molar-refractivity contribution in [1.82, 2.24) is 14.4 Å². The first-order valence-electron chi connectivity index (χ1n) is 11.5. The molecule has 0 aliphatic carbocycles. The molecule has 0 bridgehead atoms. The highest BCUT2D eigenvalue weighted by Gasteiger charge is 2.21. The maximum Gasteiger partial charge on any atom is 0.387 e. The van der Waals surface area contributed by atoms with Crippen LogP contribution in [0.4, 0.5) is 13.9 Å². The van der Waals surface area contributed by atoms with E-state index in [0.29, 0.717) is 32.8 Å². The minimum absolute atomic E-state index is 0.0903. The van der Waals surface area contributed by atoms with Gasteiger partial charge in [0.25, 0.3) is 5.91 Å². The molecule has 0 saturated heterocycles. The number of aromatic nitrogens is 3. The van der Waals surface area contributed by atoms with Gasteiger partial charge < -0.3 is 9.47 Å². The molecule has 7 nitrogen and oxygen atoms in total. The molecule has 1 aromatic carbocycles. The molecule has 11 heteroatoms. The summed E-state index contributed by atoms with van der Waals surface area (Å²) in [6.07, 6.45) is 5.01. The number of hydrogen-bond acceptors (Lipinski definition) is 7. The molecule has 0 radical (unpaired) electrons. The van der Waals surface area contributed by atoms with Gasteiger partial charge in [0.15, 0.2) is 21.6 Å². The smallest absolute Gasteiger partial charge is 0.387 e. The number of anilines is 1. The van der Waals surface area contributed by atoms with Crippen molar-refractivity contribution in [2.45, 2.75) is 47.1 Å². The van der Waals surface area contributed by atoms with Gasteiger partial charge in [0, 0.05) is 22.5 Å². The summed E-state index contributed by atoms with van der Waals surface area (Å²) in [4.78, 5) is 22.9. The zero-order chi connectivity index (χ0) is 27.1. The fraction of sp³-hybridized carbons (Fsp3) is 0.269. The van der Waals surface area contributed by atoms with E-state index in [1.807, 2.05) is 38.5 Å². The Bertz CT molecular complexity index is 1410. The minimum atomic E-state index is -3.01. The van der Waals surface area contributed by atoms with Gasteiger partial charge in [-0.2, -0.15) is 8.78 Å². The lowest BCUT2D eigenvalue weighted by Crippen LogP contribution is -2.15. The predicted octanol–water partition coefficient (Wildman–Crippen LogP) is 7.94. The van der Waals surface area contributed by atoms with Crippen LogP contribution in [0.1, 0.15) is 68.0 Å². The number of halogens is 2. The summed E-state index contributed by atoms with van der Waals surface area (Å²) in [5, 5.41) is 7.08. The Morgan fingerprint density at radius 3 is 2.59 bits per heavy atom. The van der Waals surface area contributed by atoms with Gasteiger partial charge in [0.2, 0.25) is 0 Å². The van der Waals surface area contributed by atoms with Crippen molar-refractivity contribution in [3.05, 3.63) is 70.1 Å². The zero-order valence-corrected chi connectivity index (χ0v) is 22.8. The van der Waals surface area contributed by atoms with Gasteiger partial charge in [0.05, 0.1) is 17.1 Å². The number of thiazole rings is 2. The number of carbonyl (C=O) groups excluding carboxylic acids is 1. The van der Waals surface area contributed by atoms with Crippen molar-refractivity contribution in [3.8, 4) is 11.5 Å². The number of nitrogens with one attached hydrogen (secondary N) is 1. The Balaban J connectivity index is 0.00000186. The summed E-state index contributed by atoms with van der Waals surface area (Å²) in [5.41, 5.74) is 2.07. The van der Waals surface area contributed by atoms with Crippen LogP contribution >= 0.6 is 22.7 Å². The summed E-state index contributed by atoms with van der Waals surface area (Å²) in [5.74, 6) is 0.144. The van der Waals surface area contributed by atoms with Gasteiger partial charge in [-0.1, -0.05) is 46.4 Å². The first kappa shape index (κ1) is 28.0. The van der Waals surface area contributed by atoms with Gasteiger partial charge in [-0.15, -0.1) is 22.7 Å². The molecule has 0 aliphatic heterocycles. The third-order valence-corrected chi connectivity index (χ3v) is 6.29. The molecular formula is C26H28F2N4O3S2. The minimum Gasteiger partial charge on any atom is -0.458 e. The molecule has 1 N–H and O–H groups in total. The lowest BCUT2D eigenvalue weighted by atomic mass is 10.1. The Kier molecular flexibility index (Phi) is 9.54. The van der Waals surface area contributed by atoms with Gasteiger partial charge >= 0.3 is 6.61 Å². The van der Waals surface area contributed by atoms with E-state index < -0.39 is 6.61 Å². The van der Waals surface area contributed by atoms with E-state index in [0.717, 1.165) is 5.69 Å². The lowest BCUT2D eigenvalue weighted by Gasteiger charge is -2.14. The average Bonchev–Trinajstić information content (AvgIpc) is 3.56. The Hall–Kier alpha value is -3.57. The second-order valence-corrected chi connectivity index (χ2v) is 9.51. The number of para-hydroxylation sites is 1. The molecule has 4 aromatic rings. The first-order valence-corrected chi connectivity index (χ1v) is 13.3. The van der Waals surface area contributed by atoms with Crippen molar-refractivity contribution < 1.29 is 23.0 Å². The fourth-order valence-electron chi connectivity index (χ4n) is 3.21. The van der Waals surface area contributed by atoms with Crippen LogP contribution in [0.5, 0.6) is 11.5 Å². The largest absolute Gasteiger partial charge is 0.458 e. The Labute approximate surface area is 222 Å². The second kappa shape index (κ2) is 12.6. The van der Waals surface area contributed by atoms with Crippen molar-refractivity contribution >= 4 is 50.8 Å². The van der Waals surface area contributed by atoms with Gasteiger partial charge in [-0.25, -0.2) is 9.97 Å². The van der Waals surface area contributed by atoms with Crippen LogP contribution in [-0.4, -0.2) is 26.9 Å². The van der Waals surface area contributed by atoms with Crippen molar-refractivity contribution in [3.63, 3.8) is 0 Å². The van der Waals surface area contributed by atoms with Crippen LogP contribution < -0.4 is 14.8 Å². The highest BCUT2D eigenvalue weighted by molar-refractivity contribution is 7.15. The average molecular weight is 547 g/mol. The molecule has 4 rings (SSSR count). The number of allylic oxidation sites excluding steroid dienone is 1. The molecule has 1 amide bonds. The number of alkyl halides is 2. The van der Waals surface area contributed by atoms with E-state index in [-0.39, 0.29) is 23.3 Å². The number of ether oxygens (including phenoxy) is 2. The van der Waals surface area contributed by atoms with E-state index in [4.69, 9.17) is 4.74 Å².